The van der Waals surface area contributed by atoms with Crippen LogP contribution in [0.3, 0.4) is 0 Å². The average Bonchev–Trinajstić information content (AvgIpc) is 3.04. The Bertz CT molecular complexity index is 1870. The molecule has 0 saturated heterocycles. The van der Waals surface area contributed by atoms with E-state index in [9.17, 15) is 0 Å². The SMILES string of the molecule is C=CCCCc1ccc(-c2ccc3c4ccc(-c5ccc(CCCC=C)cc5)c5cccc(c6cccc2c63)c54)cc1. The molecule has 0 unspecified atom stereocenters. The van der Waals surface area contributed by atoms with Gasteiger partial charge in [0, 0.05) is 0 Å². The van der Waals surface area contributed by atoms with E-state index in [4.69, 9.17) is 0 Å². The Morgan fingerprint density at radius 2 is 0.786 bits per heavy atom. The van der Waals surface area contributed by atoms with Gasteiger partial charge in [-0.2, -0.15) is 0 Å². The Morgan fingerprint density at radius 1 is 0.405 bits per heavy atom. The van der Waals surface area contributed by atoms with Crippen molar-refractivity contribution in [3.63, 3.8) is 0 Å². The smallest absolute Gasteiger partial charge is 0.00201 e. The molecule has 0 saturated carbocycles. The van der Waals surface area contributed by atoms with E-state index in [1.54, 1.807) is 0 Å². The van der Waals surface area contributed by atoms with E-state index in [2.05, 4.69) is 122 Å². The summed E-state index contributed by atoms with van der Waals surface area (Å²) in [6.45, 7) is 7.71. The van der Waals surface area contributed by atoms with E-state index in [0.717, 1.165) is 38.5 Å². The fraction of sp³-hybridized carbons (Fsp3) is 0.143. The minimum Gasteiger partial charge on any atom is -0.103 e. The second-order valence-electron chi connectivity index (χ2n) is 11.5. The average molecular weight is 541 g/mol. The van der Waals surface area contributed by atoms with Gasteiger partial charge in [0.1, 0.15) is 0 Å². The number of fused-ring (bicyclic) bond motifs is 2. The van der Waals surface area contributed by atoms with Crippen LogP contribution < -0.4 is 0 Å². The fourth-order valence-corrected chi connectivity index (χ4v) is 6.82. The highest BCUT2D eigenvalue weighted by atomic mass is 14.2. The molecule has 7 aromatic carbocycles. The minimum absolute atomic E-state index is 1.06. The van der Waals surface area contributed by atoms with Gasteiger partial charge in [0.15, 0.2) is 0 Å². The summed E-state index contributed by atoms with van der Waals surface area (Å²) in [4.78, 5) is 0. The van der Waals surface area contributed by atoms with Gasteiger partial charge in [-0.15, -0.1) is 13.2 Å². The van der Waals surface area contributed by atoms with Crippen LogP contribution in [0.4, 0.5) is 0 Å². The van der Waals surface area contributed by atoms with Gasteiger partial charge in [-0.05, 0) is 115 Å². The lowest BCUT2D eigenvalue weighted by Crippen LogP contribution is -1.91. The van der Waals surface area contributed by atoms with E-state index >= 15 is 0 Å². The normalized spacial score (nSPS) is 11.6. The zero-order valence-electron chi connectivity index (χ0n) is 24.2. The molecule has 7 aromatic rings. The Hall–Kier alpha value is -4.68. The Kier molecular flexibility index (Phi) is 7.06. The number of rotatable bonds is 10. The summed E-state index contributed by atoms with van der Waals surface area (Å²) in [6.07, 6.45) is 10.6. The highest BCUT2D eigenvalue weighted by molar-refractivity contribution is 6.35. The van der Waals surface area contributed by atoms with Crippen LogP contribution in [0, 0.1) is 0 Å². The van der Waals surface area contributed by atoms with Crippen LogP contribution >= 0.6 is 0 Å². The second-order valence-corrected chi connectivity index (χ2v) is 11.5. The van der Waals surface area contributed by atoms with Crippen molar-refractivity contribution < 1.29 is 0 Å². The van der Waals surface area contributed by atoms with Crippen molar-refractivity contribution in [1.82, 2.24) is 0 Å². The summed E-state index contributed by atoms with van der Waals surface area (Å²) in [7, 11) is 0. The molecule has 0 aliphatic heterocycles. The van der Waals surface area contributed by atoms with Crippen LogP contribution in [0.15, 0.2) is 135 Å². The first kappa shape index (κ1) is 26.2. The van der Waals surface area contributed by atoms with Crippen LogP contribution in [0.5, 0.6) is 0 Å². The number of unbranched alkanes of at least 4 members (excludes halogenated alkanes) is 2. The summed E-state index contributed by atoms with van der Waals surface area (Å²) in [5.41, 5.74) is 7.93. The van der Waals surface area contributed by atoms with Crippen LogP contribution in [0.2, 0.25) is 0 Å². The lowest BCUT2D eigenvalue weighted by atomic mass is 9.85. The van der Waals surface area contributed by atoms with Crippen molar-refractivity contribution >= 4 is 43.1 Å². The molecule has 0 amide bonds. The number of hydrogen-bond acceptors (Lipinski definition) is 0. The Morgan fingerprint density at radius 3 is 1.19 bits per heavy atom. The van der Waals surface area contributed by atoms with Crippen molar-refractivity contribution in [2.45, 2.75) is 38.5 Å². The molecule has 0 heterocycles. The molecule has 42 heavy (non-hydrogen) atoms. The van der Waals surface area contributed by atoms with Crippen LogP contribution in [-0.4, -0.2) is 0 Å². The van der Waals surface area contributed by atoms with Crippen LogP contribution in [0.25, 0.3) is 65.3 Å². The van der Waals surface area contributed by atoms with E-state index < -0.39 is 0 Å². The number of allylic oxidation sites excluding steroid dienone is 2. The standard InChI is InChI=1S/C42H36/c1-3-5-7-11-29-17-21-31(22-18-29)33-25-27-39-40-28-26-34(32-23-19-30(20-24-32)12-8-6-4-2)36-14-10-16-38(42(36)40)37-15-9-13-35(33)41(37)39/h3-4,9-10,13-28H,1-2,5-8,11-12H2. The minimum atomic E-state index is 1.06. The largest absolute Gasteiger partial charge is 0.103 e. The van der Waals surface area contributed by atoms with Crippen molar-refractivity contribution in [1.29, 1.82) is 0 Å². The maximum atomic E-state index is 3.86. The zero-order valence-corrected chi connectivity index (χ0v) is 24.2. The Labute approximate surface area is 249 Å². The predicted molar refractivity (Wildman–Crippen MR) is 185 cm³/mol. The highest BCUT2D eigenvalue weighted by Crippen LogP contribution is 2.45. The first-order chi connectivity index (χ1) is 20.8. The van der Waals surface area contributed by atoms with Gasteiger partial charge in [-0.25, -0.2) is 0 Å². The fourth-order valence-electron chi connectivity index (χ4n) is 6.82. The van der Waals surface area contributed by atoms with Crippen LogP contribution in [0.1, 0.15) is 36.8 Å². The quantitative estimate of drug-likeness (QED) is 0.0700. The number of hydrogen-bond donors (Lipinski definition) is 0. The molecule has 0 aliphatic carbocycles. The molecule has 0 N–H and O–H groups in total. The molecule has 204 valence electrons. The van der Waals surface area contributed by atoms with Crippen molar-refractivity contribution in [3.8, 4) is 22.3 Å². The third kappa shape index (κ3) is 4.58. The maximum Gasteiger partial charge on any atom is -0.00201 e. The molecule has 0 atom stereocenters. The molecule has 0 radical (unpaired) electrons. The lowest BCUT2D eigenvalue weighted by molar-refractivity contribution is 0.844. The zero-order chi connectivity index (χ0) is 28.5. The molecule has 0 aromatic heterocycles. The lowest BCUT2D eigenvalue weighted by Gasteiger charge is -2.18. The summed E-state index contributed by atoms with van der Waals surface area (Å²) in [6, 6.07) is 41.4. The summed E-state index contributed by atoms with van der Waals surface area (Å²) in [5, 5.41) is 10.7. The highest BCUT2D eigenvalue weighted by Gasteiger charge is 2.17. The number of aryl methyl sites for hydroxylation is 2. The second kappa shape index (κ2) is 11.3. The van der Waals surface area contributed by atoms with E-state index in [0.29, 0.717) is 0 Å². The summed E-state index contributed by atoms with van der Waals surface area (Å²) in [5.74, 6) is 0. The first-order valence-corrected chi connectivity index (χ1v) is 15.3. The van der Waals surface area contributed by atoms with Gasteiger partial charge in [-0.1, -0.05) is 121 Å². The van der Waals surface area contributed by atoms with Gasteiger partial charge in [0.2, 0.25) is 0 Å². The third-order valence-corrected chi connectivity index (χ3v) is 8.94. The van der Waals surface area contributed by atoms with Gasteiger partial charge in [0.25, 0.3) is 0 Å². The molecule has 7 rings (SSSR count). The van der Waals surface area contributed by atoms with E-state index in [1.807, 2.05) is 12.2 Å². The topological polar surface area (TPSA) is 0 Å². The number of benzene rings is 7. The van der Waals surface area contributed by atoms with Crippen molar-refractivity contribution in [3.05, 3.63) is 146 Å². The van der Waals surface area contributed by atoms with Gasteiger partial charge >= 0.3 is 0 Å². The van der Waals surface area contributed by atoms with Crippen molar-refractivity contribution in [2.75, 3.05) is 0 Å². The Balaban J connectivity index is 1.36. The summed E-state index contributed by atoms with van der Waals surface area (Å²) >= 11 is 0. The molecule has 0 fully saturated rings. The molecular formula is C42H36. The van der Waals surface area contributed by atoms with Crippen molar-refractivity contribution in [2.24, 2.45) is 0 Å². The molecule has 0 heteroatoms. The molecule has 0 nitrogen and oxygen atoms in total. The van der Waals surface area contributed by atoms with E-state index in [-0.39, 0.29) is 0 Å². The maximum absolute atomic E-state index is 3.86. The molecule has 0 bridgehead atoms. The molecule has 0 aliphatic rings. The first-order valence-electron chi connectivity index (χ1n) is 15.3. The summed E-state index contributed by atoms with van der Waals surface area (Å²) < 4.78 is 0. The monoisotopic (exact) mass is 540 g/mol. The van der Waals surface area contributed by atoms with Crippen LogP contribution in [-0.2, 0) is 12.8 Å². The van der Waals surface area contributed by atoms with Gasteiger partial charge in [0.05, 0.1) is 0 Å². The molecule has 0 spiro atoms. The molecular weight excluding hydrogens is 504 g/mol. The predicted octanol–water partition coefficient (Wildman–Crippen LogP) is 12.1. The third-order valence-electron chi connectivity index (χ3n) is 8.94. The van der Waals surface area contributed by atoms with E-state index in [1.165, 1.54) is 76.5 Å². The van der Waals surface area contributed by atoms with Gasteiger partial charge < -0.3 is 0 Å². The van der Waals surface area contributed by atoms with Gasteiger partial charge in [-0.3, -0.25) is 0 Å².